The predicted molar refractivity (Wildman–Crippen MR) is 172 cm³/mol. The quantitative estimate of drug-likeness (QED) is 0.199. The molecule has 4 heteroatoms. The van der Waals surface area contributed by atoms with Crippen molar-refractivity contribution in [2.75, 3.05) is 0 Å². The molecular weight excluding hydrogens is 500 g/mol. The van der Waals surface area contributed by atoms with Crippen molar-refractivity contribution in [1.82, 2.24) is 19.9 Å². The third-order valence-corrected chi connectivity index (χ3v) is 9.11. The highest BCUT2D eigenvalue weighted by Gasteiger charge is 2.27. The summed E-state index contributed by atoms with van der Waals surface area (Å²) in [6.45, 7) is 17.4. The van der Waals surface area contributed by atoms with E-state index in [0.717, 1.165) is 56.8 Å². The van der Waals surface area contributed by atoms with Crippen LogP contribution in [0.5, 0.6) is 0 Å². The molecule has 0 saturated carbocycles. The number of aryl methyl sites for hydroxylation is 1. The molecule has 2 heterocycles. The molecule has 0 amide bonds. The third-order valence-electron chi connectivity index (χ3n) is 9.11. The van der Waals surface area contributed by atoms with Gasteiger partial charge in [0.1, 0.15) is 11.6 Å². The lowest BCUT2D eigenvalue weighted by atomic mass is 9.75. The van der Waals surface area contributed by atoms with Crippen LogP contribution in [-0.4, -0.2) is 19.9 Å². The molecule has 0 bridgehead atoms. The molecule has 0 aliphatic rings. The molecule has 4 nitrogen and oxygen atoms in total. The van der Waals surface area contributed by atoms with E-state index in [-0.39, 0.29) is 10.8 Å². The zero-order chi connectivity index (χ0) is 28.9. The fourth-order valence-corrected chi connectivity index (χ4v) is 5.67. The Morgan fingerprint density at radius 3 is 1.83 bits per heavy atom. The second-order valence-corrected chi connectivity index (χ2v) is 12.2. The topological polar surface area (TPSA) is 57.4 Å². The number of nitrogens with zero attached hydrogens (tertiary/aromatic N) is 2. The van der Waals surface area contributed by atoms with Gasteiger partial charge < -0.3 is 9.97 Å². The number of hydrogen-bond donors (Lipinski definition) is 2. The van der Waals surface area contributed by atoms with Gasteiger partial charge in [-0.1, -0.05) is 92.2 Å². The second-order valence-electron chi connectivity index (χ2n) is 12.2. The summed E-state index contributed by atoms with van der Waals surface area (Å²) in [6, 6.07) is 30.3. The molecule has 41 heavy (non-hydrogen) atoms. The van der Waals surface area contributed by atoms with Crippen molar-refractivity contribution in [2.24, 2.45) is 0 Å². The summed E-state index contributed by atoms with van der Waals surface area (Å²) in [5, 5.41) is 0. The molecule has 6 aromatic rings. The normalized spacial score (nSPS) is 13.5. The van der Waals surface area contributed by atoms with E-state index in [1.54, 1.807) is 0 Å². The van der Waals surface area contributed by atoms with E-state index >= 15 is 0 Å². The van der Waals surface area contributed by atoms with Crippen molar-refractivity contribution < 1.29 is 0 Å². The summed E-state index contributed by atoms with van der Waals surface area (Å²) in [7, 11) is 0. The van der Waals surface area contributed by atoms with Crippen LogP contribution >= 0.6 is 0 Å². The maximum absolute atomic E-state index is 4.96. The minimum Gasteiger partial charge on any atom is -0.341 e. The van der Waals surface area contributed by atoms with Gasteiger partial charge in [-0.15, -0.1) is 0 Å². The molecule has 0 aliphatic carbocycles. The van der Waals surface area contributed by atoms with Gasteiger partial charge in [-0.25, -0.2) is 9.97 Å². The van der Waals surface area contributed by atoms with Crippen LogP contribution in [0.15, 0.2) is 97.1 Å². The molecule has 2 aromatic heterocycles. The molecular formula is C37H38N4. The van der Waals surface area contributed by atoms with Crippen LogP contribution in [0.3, 0.4) is 0 Å². The first-order chi connectivity index (χ1) is 19.6. The van der Waals surface area contributed by atoms with Gasteiger partial charge in [-0.3, -0.25) is 0 Å². The van der Waals surface area contributed by atoms with Gasteiger partial charge in [0.15, 0.2) is 0 Å². The van der Waals surface area contributed by atoms with Crippen LogP contribution < -0.4 is 0 Å². The molecule has 0 saturated heterocycles. The van der Waals surface area contributed by atoms with Crippen molar-refractivity contribution in [1.29, 1.82) is 0 Å². The maximum atomic E-state index is 4.96. The van der Waals surface area contributed by atoms with Crippen molar-refractivity contribution in [3.63, 3.8) is 0 Å². The minimum atomic E-state index is -0.226. The zero-order valence-electron chi connectivity index (χ0n) is 24.9. The number of fused-ring (bicyclic) bond motifs is 2. The average molecular weight is 539 g/mol. The smallest absolute Gasteiger partial charge is 0.138 e. The average Bonchev–Trinajstić information content (AvgIpc) is 3.61. The first-order valence-electron chi connectivity index (χ1n) is 14.4. The lowest BCUT2D eigenvalue weighted by molar-refractivity contribution is 0.538. The first-order valence-corrected chi connectivity index (χ1v) is 14.4. The van der Waals surface area contributed by atoms with E-state index in [1.807, 2.05) is 0 Å². The molecule has 0 aliphatic heterocycles. The van der Waals surface area contributed by atoms with Gasteiger partial charge in [0.05, 0.1) is 22.1 Å². The number of allylic oxidation sites excluding steroid dienone is 1. The van der Waals surface area contributed by atoms with Crippen LogP contribution in [-0.2, 0) is 10.8 Å². The van der Waals surface area contributed by atoms with Gasteiger partial charge in [0, 0.05) is 16.4 Å². The second kappa shape index (κ2) is 9.88. The zero-order valence-corrected chi connectivity index (χ0v) is 24.9. The summed E-state index contributed by atoms with van der Waals surface area (Å²) in [5.41, 5.74) is 12.1. The summed E-state index contributed by atoms with van der Waals surface area (Å²) < 4.78 is 0. The lowest BCUT2D eigenvalue weighted by Gasteiger charge is -2.29. The van der Waals surface area contributed by atoms with Crippen LogP contribution in [0, 0.1) is 6.92 Å². The van der Waals surface area contributed by atoms with Gasteiger partial charge in [0.2, 0.25) is 0 Å². The summed E-state index contributed by atoms with van der Waals surface area (Å²) >= 11 is 0. The van der Waals surface area contributed by atoms with Crippen molar-refractivity contribution in [2.45, 2.75) is 58.8 Å². The molecule has 4 aromatic carbocycles. The number of imidazole rings is 2. The Balaban J connectivity index is 1.30. The molecule has 0 fully saturated rings. The SMILES string of the molecule is C=C(C)C(C)(CC)c1ccc(-c2nc3ccc(-c4ccc5nc(C(C)(C)c6ccc(C)cc6)[nH]c5c4)cc3[nH]2)cc1. The number of benzene rings is 4. The highest BCUT2D eigenvalue weighted by Crippen LogP contribution is 2.36. The fourth-order valence-electron chi connectivity index (χ4n) is 5.67. The fraction of sp³-hybridized carbons (Fsp3) is 0.243. The highest BCUT2D eigenvalue weighted by molar-refractivity contribution is 5.87. The van der Waals surface area contributed by atoms with Gasteiger partial charge in [0.25, 0.3) is 0 Å². The lowest BCUT2D eigenvalue weighted by Crippen LogP contribution is -2.21. The number of H-pyrrole nitrogens is 2. The van der Waals surface area contributed by atoms with E-state index in [4.69, 9.17) is 9.97 Å². The molecule has 1 unspecified atom stereocenters. The number of hydrogen-bond acceptors (Lipinski definition) is 2. The van der Waals surface area contributed by atoms with E-state index in [9.17, 15) is 0 Å². The number of nitrogens with one attached hydrogen (secondary N) is 2. The number of rotatable bonds is 7. The minimum absolute atomic E-state index is 0.0196. The standard InChI is InChI=1S/C37H38N4/c1-8-37(7,23(2)3)29-17-11-25(12-18-29)34-38-30-19-13-26(21-32(30)39-34)27-14-20-31-33(22-27)41-35(40-31)36(5,6)28-15-9-24(4)10-16-28/h9-22H,2,8H2,1,3-7H3,(H,38,39)(H,40,41). The van der Waals surface area contributed by atoms with Gasteiger partial charge in [-0.2, -0.15) is 0 Å². The van der Waals surface area contributed by atoms with Crippen LogP contribution in [0.4, 0.5) is 0 Å². The Hall–Kier alpha value is -4.44. The van der Waals surface area contributed by atoms with Gasteiger partial charge >= 0.3 is 0 Å². The van der Waals surface area contributed by atoms with E-state index in [1.165, 1.54) is 22.3 Å². The van der Waals surface area contributed by atoms with Crippen molar-refractivity contribution >= 4 is 22.1 Å². The molecule has 0 spiro atoms. The molecule has 1 atom stereocenters. The monoisotopic (exact) mass is 538 g/mol. The van der Waals surface area contributed by atoms with Crippen molar-refractivity contribution in [3.8, 4) is 22.5 Å². The Bertz CT molecular complexity index is 1880. The Labute approximate surface area is 242 Å². The van der Waals surface area contributed by atoms with E-state index in [2.05, 4.69) is 143 Å². The summed E-state index contributed by atoms with van der Waals surface area (Å²) in [6.07, 6.45) is 1.02. The molecule has 0 radical (unpaired) electrons. The first kappa shape index (κ1) is 26.8. The third kappa shape index (κ3) is 4.67. The van der Waals surface area contributed by atoms with Gasteiger partial charge in [-0.05, 0) is 80.6 Å². The Morgan fingerprint density at radius 1 is 0.707 bits per heavy atom. The maximum Gasteiger partial charge on any atom is 0.138 e. The van der Waals surface area contributed by atoms with E-state index < -0.39 is 0 Å². The van der Waals surface area contributed by atoms with Crippen LogP contribution in [0.1, 0.15) is 63.6 Å². The largest absolute Gasteiger partial charge is 0.341 e. The Kier molecular flexibility index (Phi) is 6.45. The Morgan fingerprint density at radius 2 is 1.24 bits per heavy atom. The van der Waals surface area contributed by atoms with Crippen molar-refractivity contribution in [3.05, 3.63) is 120 Å². The summed E-state index contributed by atoms with van der Waals surface area (Å²) in [4.78, 5) is 17.0. The van der Waals surface area contributed by atoms with E-state index in [0.29, 0.717) is 0 Å². The predicted octanol–water partition coefficient (Wildman–Crippen LogP) is 9.65. The number of aromatic nitrogens is 4. The molecule has 2 N–H and O–H groups in total. The van der Waals surface area contributed by atoms with Crippen LogP contribution in [0.2, 0.25) is 0 Å². The molecule has 6 rings (SSSR count). The summed E-state index contributed by atoms with van der Waals surface area (Å²) in [5.74, 6) is 1.85. The molecule has 206 valence electrons. The van der Waals surface area contributed by atoms with Crippen LogP contribution in [0.25, 0.3) is 44.6 Å². The highest BCUT2D eigenvalue weighted by atomic mass is 14.9. The number of aromatic amines is 2.